The third kappa shape index (κ3) is 2.08. The minimum absolute atomic E-state index is 0.420. The first kappa shape index (κ1) is 12.2. The molecule has 0 aromatic carbocycles. The van der Waals surface area contributed by atoms with E-state index in [4.69, 9.17) is 4.74 Å². The van der Waals surface area contributed by atoms with E-state index < -0.39 is 0 Å². The molecule has 6 nitrogen and oxygen atoms in total. The van der Waals surface area contributed by atoms with Crippen LogP contribution in [0.15, 0.2) is 23.1 Å². The molecule has 0 saturated heterocycles. The van der Waals surface area contributed by atoms with Crippen LogP contribution in [-0.2, 0) is 0 Å². The van der Waals surface area contributed by atoms with Crippen LogP contribution >= 0.6 is 15.9 Å². The van der Waals surface area contributed by atoms with Crippen LogP contribution in [0.25, 0.3) is 5.65 Å². The van der Waals surface area contributed by atoms with Crippen LogP contribution in [0.2, 0.25) is 0 Å². The zero-order chi connectivity index (χ0) is 12.6. The lowest BCUT2D eigenvalue weighted by atomic mass is 10.3. The Balaban J connectivity index is 2.62. The molecule has 0 amide bonds. The predicted molar refractivity (Wildman–Crippen MR) is 69.0 cm³/mol. The van der Waals surface area contributed by atoms with Gasteiger partial charge in [-0.1, -0.05) is 0 Å². The number of ether oxygens (including phenoxy) is 1. The van der Waals surface area contributed by atoms with Crippen molar-refractivity contribution in [2.24, 2.45) is 0 Å². The van der Waals surface area contributed by atoms with E-state index in [0.29, 0.717) is 17.1 Å². The molecule has 0 atom stereocenters. The topological polar surface area (TPSA) is 56.1 Å². The lowest BCUT2D eigenvalue weighted by molar-refractivity contribution is 0.386. The van der Waals surface area contributed by atoms with E-state index in [2.05, 4.69) is 20.9 Å². The summed E-state index contributed by atoms with van der Waals surface area (Å²) in [5, 5.41) is 14.1. The van der Waals surface area contributed by atoms with Gasteiger partial charge in [-0.05, 0) is 15.9 Å². The molecule has 17 heavy (non-hydrogen) atoms. The van der Waals surface area contributed by atoms with Gasteiger partial charge in [0.1, 0.15) is 21.7 Å². The summed E-state index contributed by atoms with van der Waals surface area (Å²) in [4.78, 5) is 4.17. The molecule has 0 N–H and O–H groups in total. The zero-order valence-electron chi connectivity index (χ0n) is 9.72. The molecule has 0 aliphatic carbocycles. The van der Waals surface area contributed by atoms with Gasteiger partial charge in [-0.3, -0.25) is 4.40 Å². The first-order valence-electron chi connectivity index (χ1n) is 4.89. The third-order valence-electron chi connectivity index (χ3n) is 2.33. The molecule has 2 rings (SSSR count). The summed E-state index contributed by atoms with van der Waals surface area (Å²) in [6.45, 7) is 0. The molecular weight excluding hydrogens is 288 g/mol. The Labute approximate surface area is 107 Å². The fraction of sp³-hybridized carbons (Fsp3) is 0.300. The van der Waals surface area contributed by atoms with Gasteiger partial charge in [-0.15, -0.1) is 0 Å². The average Bonchev–Trinajstić information content (AvgIpc) is 2.68. The van der Waals surface area contributed by atoms with Crippen molar-refractivity contribution >= 4 is 27.3 Å². The number of hydrogen-bond donors (Lipinski definition) is 0. The number of halogens is 1. The predicted octanol–water partition coefficient (Wildman–Crippen LogP) is 1.89. The molecule has 0 aliphatic heterocycles. The van der Waals surface area contributed by atoms with Gasteiger partial charge >= 0.3 is 0 Å². The van der Waals surface area contributed by atoms with Crippen molar-refractivity contribution in [1.82, 2.24) is 14.4 Å². The number of methoxy groups -OCH3 is 1. The van der Waals surface area contributed by atoms with E-state index in [9.17, 15) is 5.21 Å². The first-order chi connectivity index (χ1) is 8.04. The van der Waals surface area contributed by atoms with E-state index >= 15 is 0 Å². The molecule has 2 aromatic rings. The van der Waals surface area contributed by atoms with Crippen LogP contribution in [0.3, 0.4) is 0 Å². The normalized spacial score (nSPS) is 11.2. The van der Waals surface area contributed by atoms with E-state index in [1.54, 1.807) is 37.0 Å². The number of hydrazine groups is 1. The summed E-state index contributed by atoms with van der Waals surface area (Å²) in [5.41, 5.74) is 1.13. The summed E-state index contributed by atoms with van der Waals surface area (Å²) in [6, 6.07) is 1.72. The summed E-state index contributed by atoms with van der Waals surface area (Å²) >= 11 is 3.36. The number of imidazole rings is 1. The maximum Gasteiger partial charge on any atom is 0.147 e. The van der Waals surface area contributed by atoms with Gasteiger partial charge in [0.2, 0.25) is 0 Å². The molecule has 0 aliphatic rings. The fourth-order valence-corrected chi connectivity index (χ4v) is 1.87. The van der Waals surface area contributed by atoms with Crippen molar-refractivity contribution in [2.45, 2.75) is 0 Å². The van der Waals surface area contributed by atoms with Crippen molar-refractivity contribution in [3.63, 3.8) is 0 Å². The summed E-state index contributed by atoms with van der Waals surface area (Å²) in [5.74, 6) is 0.485. The van der Waals surface area contributed by atoms with Crippen LogP contribution in [0.5, 0.6) is 5.75 Å². The van der Waals surface area contributed by atoms with Crippen LogP contribution in [0.1, 0.15) is 0 Å². The molecule has 0 fully saturated rings. The number of nitrogens with zero attached hydrogens (tertiary/aromatic N) is 4. The SMILES string of the molecule is COc1cc2ncc(Br)n2cc1N([O-])N(C)C. The van der Waals surface area contributed by atoms with Gasteiger partial charge in [0.05, 0.1) is 13.3 Å². The maximum atomic E-state index is 11.9. The van der Waals surface area contributed by atoms with E-state index in [0.717, 1.165) is 9.78 Å². The third-order valence-corrected chi connectivity index (χ3v) is 2.92. The molecule has 0 unspecified atom stereocenters. The molecule has 2 heterocycles. The number of fused-ring (bicyclic) bond motifs is 1. The van der Waals surface area contributed by atoms with Gasteiger partial charge in [-0.25, -0.2) is 9.99 Å². The largest absolute Gasteiger partial charge is 0.743 e. The monoisotopic (exact) mass is 299 g/mol. The second kappa shape index (κ2) is 4.52. The minimum atomic E-state index is 0.420. The molecule has 7 heteroatoms. The Bertz CT molecular complexity index is 540. The van der Waals surface area contributed by atoms with Gasteiger partial charge in [-0.2, -0.15) is 0 Å². The molecule has 0 saturated carbocycles. The molecule has 0 bridgehead atoms. The van der Waals surface area contributed by atoms with Crippen LogP contribution in [0, 0.1) is 5.21 Å². The standard InChI is InChI=1S/C10H12BrN4O2/c1-13(2)15(16)7-6-14-9(11)5-12-10(14)4-8(7)17-3/h4-6H,1-3H3/q-1. The highest BCUT2D eigenvalue weighted by atomic mass is 79.9. The number of aromatic nitrogens is 2. The quantitative estimate of drug-likeness (QED) is 0.810. The Morgan fingerprint density at radius 2 is 2.18 bits per heavy atom. The van der Waals surface area contributed by atoms with Crippen LogP contribution in [-0.4, -0.2) is 35.6 Å². The summed E-state index contributed by atoms with van der Waals surface area (Å²) in [6.07, 6.45) is 3.35. The fourth-order valence-electron chi connectivity index (χ4n) is 1.49. The Hall–Kier alpha value is -1.31. The molecule has 92 valence electrons. The highest BCUT2D eigenvalue weighted by Crippen LogP contribution is 2.30. The molecule has 2 aromatic heterocycles. The molecular formula is C10H12BrN4O2-. The van der Waals surface area contributed by atoms with Crippen molar-refractivity contribution in [3.05, 3.63) is 28.3 Å². The van der Waals surface area contributed by atoms with Crippen molar-refractivity contribution in [3.8, 4) is 5.75 Å². The molecule has 0 radical (unpaired) electrons. The van der Waals surface area contributed by atoms with E-state index in [1.807, 2.05) is 0 Å². The second-order valence-corrected chi connectivity index (χ2v) is 4.47. The lowest BCUT2D eigenvalue weighted by Gasteiger charge is -2.37. The summed E-state index contributed by atoms with van der Waals surface area (Å²) < 4.78 is 7.75. The zero-order valence-corrected chi connectivity index (χ0v) is 11.3. The Morgan fingerprint density at radius 1 is 1.47 bits per heavy atom. The van der Waals surface area contributed by atoms with Crippen LogP contribution in [0.4, 0.5) is 5.69 Å². The van der Waals surface area contributed by atoms with Crippen molar-refractivity contribution in [1.29, 1.82) is 0 Å². The van der Waals surface area contributed by atoms with E-state index in [-0.39, 0.29) is 0 Å². The van der Waals surface area contributed by atoms with Gasteiger partial charge in [0, 0.05) is 26.4 Å². The van der Waals surface area contributed by atoms with Gasteiger partial charge < -0.3 is 15.1 Å². The van der Waals surface area contributed by atoms with Gasteiger partial charge in [0.15, 0.2) is 0 Å². The highest BCUT2D eigenvalue weighted by molar-refractivity contribution is 9.10. The average molecular weight is 300 g/mol. The highest BCUT2D eigenvalue weighted by Gasteiger charge is 2.11. The second-order valence-electron chi connectivity index (χ2n) is 3.66. The van der Waals surface area contributed by atoms with E-state index in [1.165, 1.54) is 12.1 Å². The van der Waals surface area contributed by atoms with Crippen molar-refractivity contribution in [2.75, 3.05) is 26.4 Å². The lowest BCUT2D eigenvalue weighted by Crippen LogP contribution is -2.31. The van der Waals surface area contributed by atoms with Crippen LogP contribution < -0.4 is 9.91 Å². The first-order valence-corrected chi connectivity index (χ1v) is 5.69. The Morgan fingerprint density at radius 3 is 2.76 bits per heavy atom. The van der Waals surface area contributed by atoms with Crippen molar-refractivity contribution < 1.29 is 4.74 Å². The summed E-state index contributed by atoms with van der Waals surface area (Å²) in [7, 11) is 4.86. The van der Waals surface area contributed by atoms with Gasteiger partial charge in [0.25, 0.3) is 0 Å². The number of pyridine rings is 1. The smallest absolute Gasteiger partial charge is 0.147 e. The maximum absolute atomic E-state index is 11.9. The minimum Gasteiger partial charge on any atom is -0.743 e. The molecule has 0 spiro atoms. The Kier molecular flexibility index (Phi) is 3.23. The number of rotatable bonds is 3. The number of hydrogen-bond acceptors (Lipinski definition) is 5. The number of anilines is 1.